The number of aryl methyl sites for hydroxylation is 1. The van der Waals surface area contributed by atoms with Gasteiger partial charge in [-0.05, 0) is 25.3 Å². The molecule has 0 aliphatic heterocycles. The highest BCUT2D eigenvalue weighted by molar-refractivity contribution is 7.09. The van der Waals surface area contributed by atoms with Crippen LogP contribution in [0.4, 0.5) is 0 Å². The zero-order chi connectivity index (χ0) is 13.8. The molecular formula is C14H22N4S. The quantitative estimate of drug-likeness (QED) is 0.882. The minimum Gasteiger partial charge on any atom is -0.329 e. The first-order valence-corrected chi connectivity index (χ1v) is 7.46. The summed E-state index contributed by atoms with van der Waals surface area (Å²) in [7, 11) is 1.94. The van der Waals surface area contributed by atoms with E-state index in [1.165, 1.54) is 10.4 Å². The van der Waals surface area contributed by atoms with Crippen LogP contribution in [0.5, 0.6) is 0 Å². The molecule has 0 aliphatic carbocycles. The number of rotatable bonds is 6. The average Bonchev–Trinajstić information content (AvgIpc) is 3.00. The fourth-order valence-corrected chi connectivity index (χ4v) is 3.02. The maximum absolute atomic E-state index is 6.01. The smallest absolute Gasteiger partial charge is 0.0538 e. The Morgan fingerprint density at radius 2 is 2.26 bits per heavy atom. The Hall–Kier alpha value is -1.17. The van der Waals surface area contributed by atoms with E-state index in [4.69, 9.17) is 5.73 Å². The maximum atomic E-state index is 6.01. The second-order valence-electron chi connectivity index (χ2n) is 5.04. The molecule has 5 heteroatoms. The molecule has 2 rings (SSSR count). The first kappa shape index (κ1) is 14.2. The van der Waals surface area contributed by atoms with Crippen LogP contribution in [0.2, 0.25) is 0 Å². The molecule has 0 spiro atoms. The third kappa shape index (κ3) is 3.43. The second-order valence-corrected chi connectivity index (χ2v) is 6.08. The van der Waals surface area contributed by atoms with Crippen LogP contribution in [0.15, 0.2) is 29.9 Å². The van der Waals surface area contributed by atoms with Crippen LogP contribution in [-0.2, 0) is 13.6 Å². The molecule has 1 atom stereocenters. The topological polar surface area (TPSA) is 47.1 Å². The predicted molar refractivity (Wildman–Crippen MR) is 80.0 cm³/mol. The lowest BCUT2D eigenvalue weighted by Crippen LogP contribution is -2.37. The first-order valence-electron chi connectivity index (χ1n) is 6.58. The molecule has 4 nitrogen and oxygen atoms in total. The van der Waals surface area contributed by atoms with E-state index in [-0.39, 0.29) is 6.04 Å². The lowest BCUT2D eigenvalue weighted by atomic mass is 10.1. The molecule has 0 aromatic carbocycles. The van der Waals surface area contributed by atoms with Crippen LogP contribution in [0.3, 0.4) is 0 Å². The van der Waals surface area contributed by atoms with Gasteiger partial charge in [-0.2, -0.15) is 5.10 Å². The molecule has 0 saturated heterocycles. The van der Waals surface area contributed by atoms with Gasteiger partial charge in [0.15, 0.2) is 0 Å². The number of nitrogens with two attached hydrogens (primary N) is 1. The minimum absolute atomic E-state index is 0.218. The van der Waals surface area contributed by atoms with Crippen molar-refractivity contribution in [1.82, 2.24) is 14.7 Å². The molecule has 0 aliphatic rings. The van der Waals surface area contributed by atoms with Crippen molar-refractivity contribution in [3.63, 3.8) is 0 Å². The average molecular weight is 278 g/mol. The molecule has 2 aromatic rings. The van der Waals surface area contributed by atoms with Crippen LogP contribution in [0.25, 0.3) is 0 Å². The standard InChI is InChI=1S/C14H22N4S/c1-11(2)18(10-13-5-4-6-19-13)14(7-15)12-8-16-17(3)9-12/h4-6,8-9,11,14H,7,10,15H2,1-3H3. The van der Waals surface area contributed by atoms with Crippen LogP contribution in [0, 0.1) is 0 Å². The largest absolute Gasteiger partial charge is 0.329 e. The second kappa shape index (κ2) is 6.32. The number of nitrogens with zero attached hydrogens (tertiary/aromatic N) is 3. The van der Waals surface area contributed by atoms with Crippen molar-refractivity contribution in [1.29, 1.82) is 0 Å². The molecule has 2 N–H and O–H groups in total. The summed E-state index contributed by atoms with van der Waals surface area (Å²) in [5, 5.41) is 6.38. The fourth-order valence-electron chi connectivity index (χ4n) is 2.31. The van der Waals surface area contributed by atoms with Gasteiger partial charge in [-0.25, -0.2) is 0 Å². The van der Waals surface area contributed by atoms with Gasteiger partial charge in [0.2, 0.25) is 0 Å². The van der Waals surface area contributed by atoms with Crippen LogP contribution >= 0.6 is 11.3 Å². The van der Waals surface area contributed by atoms with Gasteiger partial charge in [0, 0.05) is 42.8 Å². The van der Waals surface area contributed by atoms with E-state index in [1.54, 1.807) is 11.3 Å². The molecule has 2 aromatic heterocycles. The van der Waals surface area contributed by atoms with Crippen molar-refractivity contribution in [3.05, 3.63) is 40.3 Å². The van der Waals surface area contributed by atoms with Crippen LogP contribution < -0.4 is 5.73 Å². The summed E-state index contributed by atoms with van der Waals surface area (Å²) < 4.78 is 1.83. The first-order chi connectivity index (χ1) is 9.11. The summed E-state index contributed by atoms with van der Waals surface area (Å²) in [4.78, 5) is 3.80. The summed E-state index contributed by atoms with van der Waals surface area (Å²) in [6.07, 6.45) is 3.97. The van der Waals surface area contributed by atoms with Gasteiger partial charge in [-0.3, -0.25) is 9.58 Å². The molecule has 2 heterocycles. The Kier molecular flexibility index (Phi) is 4.74. The normalized spacial score (nSPS) is 13.4. The summed E-state index contributed by atoms with van der Waals surface area (Å²) in [6, 6.07) is 4.93. The van der Waals surface area contributed by atoms with Crippen molar-refractivity contribution in [3.8, 4) is 0 Å². The van der Waals surface area contributed by atoms with E-state index in [2.05, 4.69) is 47.6 Å². The van der Waals surface area contributed by atoms with Crippen molar-refractivity contribution >= 4 is 11.3 Å². The lowest BCUT2D eigenvalue weighted by molar-refractivity contribution is 0.149. The maximum Gasteiger partial charge on any atom is 0.0538 e. The zero-order valence-electron chi connectivity index (χ0n) is 11.8. The third-order valence-electron chi connectivity index (χ3n) is 3.32. The third-order valence-corrected chi connectivity index (χ3v) is 4.18. The van der Waals surface area contributed by atoms with E-state index in [9.17, 15) is 0 Å². The summed E-state index contributed by atoms with van der Waals surface area (Å²) >= 11 is 1.79. The lowest BCUT2D eigenvalue weighted by Gasteiger charge is -2.33. The van der Waals surface area contributed by atoms with E-state index < -0.39 is 0 Å². The molecule has 1 unspecified atom stereocenters. The highest BCUT2D eigenvalue weighted by Gasteiger charge is 2.23. The van der Waals surface area contributed by atoms with Gasteiger partial charge in [0.25, 0.3) is 0 Å². The summed E-state index contributed by atoms with van der Waals surface area (Å²) in [6.45, 7) is 5.97. The van der Waals surface area contributed by atoms with Crippen LogP contribution in [0.1, 0.15) is 30.3 Å². The molecule has 0 saturated carbocycles. The Bertz CT molecular complexity index is 489. The zero-order valence-corrected chi connectivity index (χ0v) is 12.6. The van der Waals surface area contributed by atoms with E-state index in [1.807, 2.05) is 17.9 Å². The van der Waals surface area contributed by atoms with E-state index in [0.29, 0.717) is 12.6 Å². The number of thiophene rings is 1. The SMILES string of the molecule is CC(C)N(Cc1cccs1)C(CN)c1cnn(C)c1. The van der Waals surface area contributed by atoms with E-state index in [0.717, 1.165) is 6.54 Å². The molecule has 19 heavy (non-hydrogen) atoms. The van der Waals surface area contributed by atoms with Gasteiger partial charge >= 0.3 is 0 Å². The minimum atomic E-state index is 0.218. The van der Waals surface area contributed by atoms with Gasteiger partial charge in [-0.15, -0.1) is 11.3 Å². The molecule has 0 fully saturated rings. The predicted octanol–water partition coefficient (Wildman–Crippen LogP) is 2.39. The highest BCUT2D eigenvalue weighted by Crippen LogP contribution is 2.25. The van der Waals surface area contributed by atoms with Crippen molar-refractivity contribution in [2.75, 3.05) is 6.54 Å². The highest BCUT2D eigenvalue weighted by atomic mass is 32.1. The number of hydrogen-bond acceptors (Lipinski definition) is 4. The fraction of sp³-hybridized carbons (Fsp3) is 0.500. The van der Waals surface area contributed by atoms with E-state index >= 15 is 0 Å². The van der Waals surface area contributed by atoms with Crippen LogP contribution in [-0.4, -0.2) is 27.3 Å². The Morgan fingerprint density at radius 1 is 1.47 bits per heavy atom. The molecular weight excluding hydrogens is 256 g/mol. The van der Waals surface area contributed by atoms with Crippen molar-refractivity contribution < 1.29 is 0 Å². The molecule has 0 radical (unpaired) electrons. The van der Waals surface area contributed by atoms with Gasteiger partial charge in [-0.1, -0.05) is 6.07 Å². The summed E-state index contributed by atoms with van der Waals surface area (Å²) in [5.41, 5.74) is 7.20. The Morgan fingerprint density at radius 3 is 2.74 bits per heavy atom. The van der Waals surface area contributed by atoms with Gasteiger partial charge in [0.1, 0.15) is 0 Å². The number of aromatic nitrogens is 2. The Labute approximate surface area is 118 Å². The molecule has 104 valence electrons. The molecule has 0 amide bonds. The van der Waals surface area contributed by atoms with Gasteiger partial charge < -0.3 is 5.73 Å². The van der Waals surface area contributed by atoms with Crippen molar-refractivity contribution in [2.45, 2.75) is 32.5 Å². The Balaban J connectivity index is 2.20. The van der Waals surface area contributed by atoms with Crippen molar-refractivity contribution in [2.24, 2.45) is 12.8 Å². The number of hydrogen-bond donors (Lipinski definition) is 1. The molecule has 0 bridgehead atoms. The summed E-state index contributed by atoms with van der Waals surface area (Å²) in [5.74, 6) is 0. The van der Waals surface area contributed by atoms with Gasteiger partial charge in [0.05, 0.1) is 12.2 Å². The monoisotopic (exact) mass is 278 g/mol.